The van der Waals surface area contributed by atoms with E-state index in [0.29, 0.717) is 25.5 Å². The van der Waals surface area contributed by atoms with Crippen molar-refractivity contribution in [3.05, 3.63) is 23.8 Å². The van der Waals surface area contributed by atoms with Crippen LogP contribution in [0.1, 0.15) is 12.0 Å². The van der Waals surface area contributed by atoms with Gasteiger partial charge in [0.25, 0.3) is 5.91 Å². The maximum absolute atomic E-state index is 12.5. The molecule has 19 heavy (non-hydrogen) atoms. The highest BCUT2D eigenvalue weighted by Crippen LogP contribution is 2.30. The number of ether oxygens (including phenoxy) is 2. The lowest BCUT2D eigenvalue weighted by Crippen LogP contribution is -2.47. The van der Waals surface area contributed by atoms with E-state index in [4.69, 9.17) is 15.2 Å². The van der Waals surface area contributed by atoms with Crippen molar-refractivity contribution in [3.8, 4) is 0 Å². The number of amides is 1. The lowest BCUT2D eigenvalue weighted by molar-refractivity contribution is -0.144. The third-order valence-corrected chi connectivity index (χ3v) is 3.59. The molecule has 3 rings (SSSR count). The van der Waals surface area contributed by atoms with E-state index in [1.54, 1.807) is 4.90 Å². The summed E-state index contributed by atoms with van der Waals surface area (Å²) >= 11 is 0. The third kappa shape index (κ3) is 2.43. The van der Waals surface area contributed by atoms with Crippen LogP contribution in [0.25, 0.3) is 0 Å². The molecule has 0 aliphatic carbocycles. The van der Waals surface area contributed by atoms with Gasteiger partial charge in [-0.05, 0) is 30.5 Å². The fraction of sp³-hybridized carbons (Fsp3) is 0.500. The largest absolute Gasteiger partial charge is 0.399 e. The first kappa shape index (κ1) is 12.4. The van der Waals surface area contributed by atoms with Gasteiger partial charge >= 0.3 is 0 Å². The molecule has 1 atom stereocenters. The smallest absolute Gasteiger partial charge is 0.258 e. The lowest BCUT2D eigenvalue weighted by Gasteiger charge is -2.33. The van der Waals surface area contributed by atoms with Crippen LogP contribution in [-0.4, -0.2) is 38.4 Å². The predicted octanol–water partition coefficient (Wildman–Crippen LogP) is 0.963. The zero-order chi connectivity index (χ0) is 13.2. The summed E-state index contributed by atoms with van der Waals surface area (Å²) in [5.74, 6) is -0.0220. The van der Waals surface area contributed by atoms with Crippen molar-refractivity contribution in [1.82, 2.24) is 0 Å². The van der Waals surface area contributed by atoms with E-state index in [9.17, 15) is 4.79 Å². The molecule has 2 heterocycles. The first-order valence-electron chi connectivity index (χ1n) is 6.65. The minimum absolute atomic E-state index is 0.0220. The van der Waals surface area contributed by atoms with Crippen LogP contribution in [0.4, 0.5) is 11.4 Å². The summed E-state index contributed by atoms with van der Waals surface area (Å²) in [7, 11) is 0. The molecule has 0 bridgehead atoms. The van der Waals surface area contributed by atoms with Gasteiger partial charge in [0, 0.05) is 17.9 Å². The zero-order valence-corrected chi connectivity index (χ0v) is 10.8. The first-order chi connectivity index (χ1) is 9.25. The third-order valence-electron chi connectivity index (χ3n) is 3.59. The normalized spacial score (nSPS) is 22.9. The number of benzene rings is 1. The fourth-order valence-electron chi connectivity index (χ4n) is 2.62. The summed E-state index contributed by atoms with van der Waals surface area (Å²) in [5.41, 5.74) is 8.60. The van der Waals surface area contributed by atoms with Crippen molar-refractivity contribution >= 4 is 17.3 Å². The molecule has 0 saturated carbocycles. The van der Waals surface area contributed by atoms with Crippen molar-refractivity contribution < 1.29 is 14.3 Å². The molecule has 2 aliphatic heterocycles. The standard InChI is InChI=1S/C14H18N2O3/c15-11-4-3-10-2-1-5-16(12(10)8-11)14(17)13-9-18-6-7-19-13/h3-4,8,13H,1-2,5-7,9,15H2. The molecule has 1 aromatic carbocycles. The second-order valence-corrected chi connectivity index (χ2v) is 4.92. The van der Waals surface area contributed by atoms with Gasteiger partial charge in [0.15, 0.2) is 6.10 Å². The minimum atomic E-state index is -0.485. The van der Waals surface area contributed by atoms with Crippen LogP contribution >= 0.6 is 0 Å². The summed E-state index contributed by atoms with van der Waals surface area (Å²) in [6.07, 6.45) is 1.47. The summed E-state index contributed by atoms with van der Waals surface area (Å²) in [6, 6.07) is 5.76. The lowest BCUT2D eigenvalue weighted by atomic mass is 10.0. The Morgan fingerprint density at radius 3 is 3.05 bits per heavy atom. The van der Waals surface area contributed by atoms with E-state index in [1.165, 1.54) is 5.56 Å². The van der Waals surface area contributed by atoms with E-state index < -0.39 is 6.10 Å². The van der Waals surface area contributed by atoms with Crippen LogP contribution in [0.3, 0.4) is 0 Å². The predicted molar refractivity (Wildman–Crippen MR) is 72.1 cm³/mol. The summed E-state index contributed by atoms with van der Waals surface area (Å²) in [4.78, 5) is 14.3. The van der Waals surface area contributed by atoms with Crippen LogP contribution in [0.15, 0.2) is 18.2 Å². The number of fused-ring (bicyclic) bond motifs is 1. The van der Waals surface area contributed by atoms with Gasteiger partial charge in [-0.1, -0.05) is 6.07 Å². The van der Waals surface area contributed by atoms with E-state index in [-0.39, 0.29) is 5.91 Å². The zero-order valence-electron chi connectivity index (χ0n) is 10.8. The molecule has 1 saturated heterocycles. The Hall–Kier alpha value is -1.59. The van der Waals surface area contributed by atoms with Gasteiger partial charge in [-0.3, -0.25) is 4.79 Å². The highest BCUT2D eigenvalue weighted by atomic mass is 16.6. The minimum Gasteiger partial charge on any atom is -0.399 e. The van der Waals surface area contributed by atoms with Crippen LogP contribution in [0, 0.1) is 0 Å². The van der Waals surface area contributed by atoms with Crippen LogP contribution in [0.2, 0.25) is 0 Å². The number of carbonyl (C=O) groups excluding carboxylic acids is 1. The van der Waals surface area contributed by atoms with Gasteiger partial charge in [0.2, 0.25) is 0 Å². The number of hydrogen-bond donors (Lipinski definition) is 1. The highest BCUT2D eigenvalue weighted by Gasteiger charge is 2.31. The summed E-state index contributed by atoms with van der Waals surface area (Å²) in [6.45, 7) is 2.10. The topological polar surface area (TPSA) is 64.8 Å². The number of nitrogens with zero attached hydrogens (tertiary/aromatic N) is 1. The maximum atomic E-state index is 12.5. The van der Waals surface area contributed by atoms with Crippen LogP contribution in [0.5, 0.6) is 0 Å². The average Bonchev–Trinajstić information content (AvgIpc) is 2.47. The molecule has 1 fully saturated rings. The first-order valence-corrected chi connectivity index (χ1v) is 6.65. The number of hydrogen-bond acceptors (Lipinski definition) is 4. The Balaban J connectivity index is 1.86. The van der Waals surface area contributed by atoms with Gasteiger partial charge in [0.05, 0.1) is 19.8 Å². The van der Waals surface area contributed by atoms with Gasteiger partial charge in [-0.15, -0.1) is 0 Å². The van der Waals surface area contributed by atoms with Crippen molar-refractivity contribution in [2.24, 2.45) is 0 Å². The van der Waals surface area contributed by atoms with Gasteiger partial charge in [-0.2, -0.15) is 0 Å². The maximum Gasteiger partial charge on any atom is 0.258 e. The number of anilines is 2. The summed E-state index contributed by atoms with van der Waals surface area (Å²) < 4.78 is 10.8. The fourth-order valence-corrected chi connectivity index (χ4v) is 2.62. The van der Waals surface area contributed by atoms with Gasteiger partial charge in [0.1, 0.15) is 0 Å². The number of nitrogens with two attached hydrogens (primary N) is 1. The van der Waals surface area contributed by atoms with Gasteiger partial charge in [-0.25, -0.2) is 0 Å². The van der Waals surface area contributed by atoms with Crippen molar-refractivity contribution in [3.63, 3.8) is 0 Å². The number of rotatable bonds is 1. The Morgan fingerprint density at radius 1 is 1.37 bits per heavy atom. The number of carbonyl (C=O) groups is 1. The number of nitrogen functional groups attached to an aromatic ring is 1. The molecule has 0 radical (unpaired) electrons. The molecule has 1 amide bonds. The molecular weight excluding hydrogens is 244 g/mol. The van der Waals surface area contributed by atoms with Crippen LogP contribution in [-0.2, 0) is 20.7 Å². The second kappa shape index (κ2) is 5.19. The molecular formula is C14H18N2O3. The molecule has 2 N–H and O–H groups in total. The Kier molecular flexibility index (Phi) is 3.40. The molecule has 0 aromatic heterocycles. The van der Waals surface area contributed by atoms with E-state index >= 15 is 0 Å². The Labute approximate surface area is 112 Å². The molecule has 2 aliphatic rings. The van der Waals surface area contributed by atoms with Crippen molar-refractivity contribution in [2.45, 2.75) is 18.9 Å². The number of aryl methyl sites for hydroxylation is 1. The van der Waals surface area contributed by atoms with Gasteiger partial charge < -0.3 is 20.1 Å². The average molecular weight is 262 g/mol. The quantitative estimate of drug-likeness (QED) is 0.766. The molecule has 5 nitrogen and oxygen atoms in total. The monoisotopic (exact) mass is 262 g/mol. The van der Waals surface area contributed by atoms with E-state index in [2.05, 4.69) is 0 Å². The Morgan fingerprint density at radius 2 is 2.26 bits per heavy atom. The van der Waals surface area contributed by atoms with Crippen molar-refractivity contribution in [2.75, 3.05) is 37.0 Å². The molecule has 1 aromatic rings. The van der Waals surface area contributed by atoms with E-state index in [0.717, 1.165) is 25.1 Å². The highest BCUT2D eigenvalue weighted by molar-refractivity contribution is 5.98. The molecule has 1 unspecified atom stereocenters. The Bertz CT molecular complexity index is 484. The van der Waals surface area contributed by atoms with E-state index in [1.807, 2.05) is 18.2 Å². The SMILES string of the molecule is Nc1ccc2c(c1)N(C(=O)C1COCCO1)CCC2. The summed E-state index contributed by atoms with van der Waals surface area (Å²) in [5, 5.41) is 0. The molecule has 102 valence electrons. The van der Waals surface area contributed by atoms with Crippen molar-refractivity contribution in [1.29, 1.82) is 0 Å². The molecule has 5 heteroatoms. The van der Waals surface area contributed by atoms with Crippen LogP contribution < -0.4 is 10.6 Å². The second-order valence-electron chi connectivity index (χ2n) is 4.92. The molecule has 0 spiro atoms.